The molecule has 0 atom stereocenters. The van der Waals surface area contributed by atoms with Crippen LogP contribution in [0.15, 0.2) is 47.5 Å². The average molecular weight is 309 g/mol. The molecular formula is C19H23N3O. The second-order valence-electron chi connectivity index (χ2n) is 5.99. The lowest BCUT2D eigenvalue weighted by Crippen LogP contribution is -2.24. The van der Waals surface area contributed by atoms with E-state index in [9.17, 15) is 4.79 Å². The summed E-state index contributed by atoms with van der Waals surface area (Å²) in [6.07, 6.45) is 0.180. The molecule has 4 nitrogen and oxygen atoms in total. The Bertz CT molecular complexity index is 744. The van der Waals surface area contributed by atoms with E-state index in [1.165, 1.54) is 11.1 Å². The molecule has 0 spiro atoms. The molecule has 2 rings (SSSR count). The highest BCUT2D eigenvalue weighted by Gasteiger charge is 2.12. The van der Waals surface area contributed by atoms with Gasteiger partial charge >= 0.3 is 0 Å². The van der Waals surface area contributed by atoms with Gasteiger partial charge < -0.3 is 11.5 Å². The van der Waals surface area contributed by atoms with Gasteiger partial charge in [0.05, 0.1) is 6.42 Å². The first-order valence-electron chi connectivity index (χ1n) is 7.69. The molecule has 0 aliphatic heterocycles. The topological polar surface area (TPSA) is 81.5 Å². The molecule has 0 saturated carbocycles. The van der Waals surface area contributed by atoms with Gasteiger partial charge in [0.2, 0.25) is 0 Å². The van der Waals surface area contributed by atoms with Crippen LogP contribution in [-0.2, 0) is 11.2 Å². The molecule has 0 aliphatic rings. The summed E-state index contributed by atoms with van der Waals surface area (Å²) in [4.78, 5) is 15.5. The van der Waals surface area contributed by atoms with Crippen LogP contribution in [0.3, 0.4) is 0 Å². The van der Waals surface area contributed by atoms with E-state index < -0.39 is 0 Å². The van der Waals surface area contributed by atoms with Gasteiger partial charge in [0, 0.05) is 0 Å². The first kappa shape index (κ1) is 16.7. The lowest BCUT2D eigenvalue weighted by Gasteiger charge is -2.14. The van der Waals surface area contributed by atoms with Crippen molar-refractivity contribution in [1.82, 2.24) is 0 Å². The number of hydrogen-bond acceptors (Lipinski definition) is 1. The maximum atomic E-state index is 11.9. The Morgan fingerprint density at radius 2 is 1.78 bits per heavy atom. The number of guanidine groups is 1. The van der Waals surface area contributed by atoms with Crippen LogP contribution in [0.4, 0.5) is 0 Å². The van der Waals surface area contributed by atoms with E-state index >= 15 is 0 Å². The summed E-state index contributed by atoms with van der Waals surface area (Å²) < 4.78 is 0. The van der Waals surface area contributed by atoms with E-state index in [0.29, 0.717) is 5.92 Å². The SMILES string of the molecule is Cc1ccc(C(C)C)cc1-c1ccccc1CC(=O)N=C(N)N. The lowest BCUT2D eigenvalue weighted by molar-refractivity contribution is -0.117. The maximum Gasteiger partial charge on any atom is 0.253 e. The highest BCUT2D eigenvalue weighted by atomic mass is 16.1. The van der Waals surface area contributed by atoms with Gasteiger partial charge in [0.1, 0.15) is 0 Å². The summed E-state index contributed by atoms with van der Waals surface area (Å²) in [6.45, 7) is 6.42. The molecule has 0 fully saturated rings. The van der Waals surface area contributed by atoms with Gasteiger partial charge in [-0.25, -0.2) is 0 Å². The first-order chi connectivity index (χ1) is 10.9. The fourth-order valence-corrected chi connectivity index (χ4v) is 2.57. The molecule has 0 aliphatic carbocycles. The van der Waals surface area contributed by atoms with Gasteiger partial charge in [0.25, 0.3) is 5.91 Å². The predicted molar refractivity (Wildman–Crippen MR) is 95.2 cm³/mol. The summed E-state index contributed by atoms with van der Waals surface area (Å²) in [6, 6.07) is 14.3. The number of nitrogens with two attached hydrogens (primary N) is 2. The number of carbonyl (C=O) groups excluding carboxylic acids is 1. The number of benzene rings is 2. The van der Waals surface area contributed by atoms with Crippen molar-refractivity contribution < 1.29 is 4.79 Å². The van der Waals surface area contributed by atoms with Gasteiger partial charge in [-0.3, -0.25) is 4.79 Å². The first-order valence-corrected chi connectivity index (χ1v) is 7.69. The fourth-order valence-electron chi connectivity index (χ4n) is 2.57. The Balaban J connectivity index is 2.47. The summed E-state index contributed by atoms with van der Waals surface area (Å²) in [7, 11) is 0. The minimum Gasteiger partial charge on any atom is -0.370 e. The van der Waals surface area contributed by atoms with Crippen molar-refractivity contribution in [2.75, 3.05) is 0 Å². The second kappa shape index (κ2) is 7.09. The fraction of sp³-hybridized carbons (Fsp3) is 0.263. The van der Waals surface area contributed by atoms with Crippen molar-refractivity contribution in [2.45, 2.75) is 33.1 Å². The molecule has 4 heteroatoms. The molecule has 0 aromatic heterocycles. The summed E-state index contributed by atoms with van der Waals surface area (Å²) in [5.41, 5.74) is 16.1. The molecule has 0 unspecified atom stereocenters. The van der Waals surface area contributed by atoms with Crippen molar-refractivity contribution in [3.63, 3.8) is 0 Å². The van der Waals surface area contributed by atoms with E-state index in [4.69, 9.17) is 11.5 Å². The van der Waals surface area contributed by atoms with Crippen LogP contribution in [-0.4, -0.2) is 11.9 Å². The molecule has 2 aromatic rings. The standard InChI is InChI=1S/C19H23N3O/c1-12(2)14-9-8-13(3)17(10-14)16-7-5-4-6-15(16)11-18(23)22-19(20)21/h4-10,12H,11H2,1-3H3,(H4,20,21,22,23). The van der Waals surface area contributed by atoms with E-state index in [1.807, 2.05) is 24.3 Å². The zero-order valence-electron chi connectivity index (χ0n) is 13.8. The summed E-state index contributed by atoms with van der Waals surface area (Å²) >= 11 is 0. The smallest absolute Gasteiger partial charge is 0.253 e. The second-order valence-corrected chi connectivity index (χ2v) is 5.99. The van der Waals surface area contributed by atoms with Crippen LogP contribution in [0.2, 0.25) is 0 Å². The van der Waals surface area contributed by atoms with Gasteiger partial charge in [-0.1, -0.05) is 56.3 Å². The number of nitrogens with zero attached hydrogens (tertiary/aromatic N) is 1. The van der Waals surface area contributed by atoms with Crippen LogP contribution >= 0.6 is 0 Å². The van der Waals surface area contributed by atoms with E-state index in [0.717, 1.165) is 16.7 Å². The third-order valence-corrected chi connectivity index (χ3v) is 3.83. The molecule has 0 bridgehead atoms. The third kappa shape index (κ3) is 4.19. The van der Waals surface area contributed by atoms with Crippen molar-refractivity contribution in [2.24, 2.45) is 16.5 Å². The molecule has 23 heavy (non-hydrogen) atoms. The quantitative estimate of drug-likeness (QED) is 0.672. The van der Waals surface area contributed by atoms with Crippen molar-refractivity contribution >= 4 is 11.9 Å². The number of rotatable bonds is 4. The van der Waals surface area contributed by atoms with Crippen LogP contribution in [0.5, 0.6) is 0 Å². The van der Waals surface area contributed by atoms with E-state index in [2.05, 4.69) is 44.0 Å². The normalized spacial score (nSPS) is 10.6. The van der Waals surface area contributed by atoms with Gasteiger partial charge in [-0.2, -0.15) is 4.99 Å². The van der Waals surface area contributed by atoms with Crippen molar-refractivity contribution in [3.05, 3.63) is 59.2 Å². The summed E-state index contributed by atoms with van der Waals surface area (Å²) in [5.74, 6) is -0.0923. The lowest BCUT2D eigenvalue weighted by atomic mass is 9.90. The van der Waals surface area contributed by atoms with Crippen LogP contribution in [0.25, 0.3) is 11.1 Å². The van der Waals surface area contributed by atoms with Crippen LogP contribution in [0.1, 0.15) is 36.5 Å². The van der Waals surface area contributed by atoms with E-state index in [1.54, 1.807) is 0 Å². The minimum atomic E-state index is -0.338. The van der Waals surface area contributed by atoms with Crippen molar-refractivity contribution in [3.8, 4) is 11.1 Å². The van der Waals surface area contributed by atoms with E-state index in [-0.39, 0.29) is 18.3 Å². The highest BCUT2D eigenvalue weighted by Crippen LogP contribution is 2.30. The Labute approximate surface area is 137 Å². The molecule has 0 heterocycles. The molecular weight excluding hydrogens is 286 g/mol. The Morgan fingerprint density at radius 3 is 2.43 bits per heavy atom. The van der Waals surface area contributed by atoms with Crippen LogP contribution in [0, 0.1) is 6.92 Å². The van der Waals surface area contributed by atoms with Gasteiger partial charge in [-0.05, 0) is 40.7 Å². The minimum absolute atomic E-state index is 0.180. The number of aryl methyl sites for hydroxylation is 1. The number of carbonyl (C=O) groups is 1. The Morgan fingerprint density at radius 1 is 1.09 bits per heavy atom. The van der Waals surface area contributed by atoms with Gasteiger partial charge in [-0.15, -0.1) is 0 Å². The Kier molecular flexibility index (Phi) is 5.16. The zero-order valence-corrected chi connectivity index (χ0v) is 13.8. The molecule has 2 aromatic carbocycles. The Hall–Kier alpha value is -2.62. The highest BCUT2D eigenvalue weighted by molar-refractivity contribution is 5.93. The number of aliphatic imine (C=N–C) groups is 1. The molecule has 0 radical (unpaired) electrons. The number of hydrogen-bond donors (Lipinski definition) is 2. The largest absolute Gasteiger partial charge is 0.370 e. The summed E-state index contributed by atoms with van der Waals surface area (Å²) in [5, 5.41) is 0. The monoisotopic (exact) mass is 309 g/mol. The maximum absolute atomic E-state index is 11.9. The van der Waals surface area contributed by atoms with Crippen LogP contribution < -0.4 is 11.5 Å². The predicted octanol–water partition coefficient (Wildman–Crippen LogP) is 3.13. The zero-order chi connectivity index (χ0) is 17.0. The third-order valence-electron chi connectivity index (χ3n) is 3.83. The number of amides is 1. The van der Waals surface area contributed by atoms with Gasteiger partial charge in [0.15, 0.2) is 5.96 Å². The molecule has 120 valence electrons. The van der Waals surface area contributed by atoms with Crippen molar-refractivity contribution in [1.29, 1.82) is 0 Å². The average Bonchev–Trinajstić information content (AvgIpc) is 2.47. The molecule has 4 N–H and O–H groups in total. The molecule has 0 saturated heterocycles. The molecule has 1 amide bonds.